The van der Waals surface area contributed by atoms with Gasteiger partial charge in [0, 0.05) is 12.7 Å². The third kappa shape index (κ3) is 5.18. The number of aryl methyl sites for hydroxylation is 1. The molecule has 8 heteroatoms. The Hall–Kier alpha value is -2.64. The largest absolute Gasteiger partial charge is 0.494 e. The number of carbonyl (C=O) groups excluding carboxylic acids is 1. The Morgan fingerprint density at radius 2 is 2.00 bits per heavy atom. The molecule has 0 spiro atoms. The first kappa shape index (κ1) is 19.1. The van der Waals surface area contributed by atoms with E-state index in [1.54, 1.807) is 18.3 Å². The molecule has 140 valence electrons. The monoisotopic (exact) mass is 402 g/mol. The predicted molar refractivity (Wildman–Crippen MR) is 108 cm³/mol. The molecule has 0 saturated carbocycles. The van der Waals surface area contributed by atoms with Crippen LogP contribution in [0.3, 0.4) is 0 Å². The zero-order chi connectivity index (χ0) is 19.2. The molecule has 6 nitrogen and oxygen atoms in total. The van der Waals surface area contributed by atoms with E-state index in [1.165, 1.54) is 11.3 Å². The zero-order valence-electron chi connectivity index (χ0n) is 15.0. The molecule has 0 saturated heterocycles. The molecule has 3 aromatic rings. The van der Waals surface area contributed by atoms with Crippen molar-refractivity contribution in [3.05, 3.63) is 63.8 Å². The predicted octanol–water partition coefficient (Wildman–Crippen LogP) is 4.57. The fourth-order valence-electron chi connectivity index (χ4n) is 2.35. The second kappa shape index (κ2) is 8.83. The third-order valence-corrected chi connectivity index (χ3v) is 4.95. The lowest BCUT2D eigenvalue weighted by molar-refractivity contribution is 0.0954. The Labute approximate surface area is 166 Å². The van der Waals surface area contributed by atoms with Gasteiger partial charge in [-0.2, -0.15) is 0 Å². The highest BCUT2D eigenvalue weighted by Gasteiger charge is 2.15. The Balaban J connectivity index is 1.61. The Bertz CT molecular complexity index is 910. The molecule has 0 aliphatic carbocycles. The number of nitrogens with zero attached hydrogens (tertiary/aromatic N) is 2. The summed E-state index contributed by atoms with van der Waals surface area (Å²) < 4.78 is 5.42. The topological polar surface area (TPSA) is 76.1 Å². The van der Waals surface area contributed by atoms with Crippen LogP contribution in [-0.4, -0.2) is 22.5 Å². The van der Waals surface area contributed by atoms with Gasteiger partial charge in [0.2, 0.25) is 0 Å². The molecule has 1 amide bonds. The van der Waals surface area contributed by atoms with Gasteiger partial charge in [0.05, 0.1) is 17.3 Å². The van der Waals surface area contributed by atoms with Crippen molar-refractivity contribution in [1.29, 1.82) is 0 Å². The Kier molecular flexibility index (Phi) is 6.26. The van der Waals surface area contributed by atoms with Gasteiger partial charge in [-0.15, -0.1) is 0 Å². The summed E-state index contributed by atoms with van der Waals surface area (Å²) in [6, 6.07) is 11.1. The first-order chi connectivity index (χ1) is 13.0. The first-order valence-electron chi connectivity index (χ1n) is 8.41. The molecular formula is C19H19ClN4O2S. The average molecular weight is 403 g/mol. The first-order valence-corrected chi connectivity index (χ1v) is 9.60. The van der Waals surface area contributed by atoms with Crippen molar-refractivity contribution in [2.24, 2.45) is 0 Å². The minimum Gasteiger partial charge on any atom is -0.494 e. The SMILES string of the molecule is CCOc1ccc(CNC(=O)c2sc(Nc3ccc(Cl)cn3)nc2C)cc1. The van der Waals surface area contributed by atoms with Crippen molar-refractivity contribution in [3.8, 4) is 5.75 Å². The molecule has 2 aromatic heterocycles. The highest BCUT2D eigenvalue weighted by Crippen LogP contribution is 2.25. The maximum absolute atomic E-state index is 12.5. The molecule has 0 radical (unpaired) electrons. The minimum absolute atomic E-state index is 0.156. The molecule has 2 heterocycles. The molecule has 0 atom stereocenters. The summed E-state index contributed by atoms with van der Waals surface area (Å²) in [5, 5.41) is 7.17. The molecule has 27 heavy (non-hydrogen) atoms. The normalized spacial score (nSPS) is 10.5. The number of benzene rings is 1. The molecule has 1 aromatic carbocycles. The number of carbonyl (C=O) groups is 1. The quantitative estimate of drug-likeness (QED) is 0.605. The number of anilines is 2. The Morgan fingerprint density at radius 1 is 1.22 bits per heavy atom. The van der Waals surface area contributed by atoms with Crippen LogP contribution in [0.5, 0.6) is 5.75 Å². The van der Waals surface area contributed by atoms with Crippen molar-refractivity contribution < 1.29 is 9.53 Å². The summed E-state index contributed by atoms with van der Waals surface area (Å²) in [6.07, 6.45) is 1.55. The van der Waals surface area contributed by atoms with Gasteiger partial charge in [0.25, 0.3) is 5.91 Å². The van der Waals surface area contributed by atoms with Crippen LogP contribution >= 0.6 is 22.9 Å². The smallest absolute Gasteiger partial charge is 0.263 e. The van der Waals surface area contributed by atoms with Crippen LogP contribution in [-0.2, 0) is 6.54 Å². The van der Waals surface area contributed by atoms with Crippen molar-refractivity contribution in [2.75, 3.05) is 11.9 Å². The van der Waals surface area contributed by atoms with Crippen LogP contribution in [0.15, 0.2) is 42.6 Å². The number of thiazole rings is 1. The van der Waals surface area contributed by atoms with E-state index in [4.69, 9.17) is 16.3 Å². The lowest BCUT2D eigenvalue weighted by Gasteiger charge is -2.06. The van der Waals surface area contributed by atoms with Crippen LogP contribution in [0.4, 0.5) is 10.9 Å². The van der Waals surface area contributed by atoms with Crippen LogP contribution < -0.4 is 15.4 Å². The number of rotatable bonds is 7. The summed E-state index contributed by atoms with van der Waals surface area (Å²) in [7, 11) is 0. The van der Waals surface area contributed by atoms with E-state index in [0.29, 0.717) is 39.7 Å². The number of amides is 1. The summed E-state index contributed by atoms with van der Waals surface area (Å²) in [5.74, 6) is 1.28. The number of nitrogens with one attached hydrogen (secondary N) is 2. The van der Waals surface area contributed by atoms with Crippen molar-refractivity contribution in [3.63, 3.8) is 0 Å². The van der Waals surface area contributed by atoms with Crippen LogP contribution in [0.25, 0.3) is 0 Å². The number of ether oxygens (including phenoxy) is 1. The maximum Gasteiger partial charge on any atom is 0.263 e. The highest BCUT2D eigenvalue weighted by molar-refractivity contribution is 7.17. The molecule has 0 bridgehead atoms. The number of pyridine rings is 1. The van der Waals surface area contributed by atoms with Gasteiger partial charge >= 0.3 is 0 Å². The van der Waals surface area contributed by atoms with Gasteiger partial charge in [0.1, 0.15) is 16.4 Å². The van der Waals surface area contributed by atoms with Crippen molar-refractivity contribution in [2.45, 2.75) is 20.4 Å². The molecule has 0 unspecified atom stereocenters. The fraction of sp³-hybridized carbons (Fsp3) is 0.211. The maximum atomic E-state index is 12.5. The van der Waals surface area contributed by atoms with Crippen molar-refractivity contribution in [1.82, 2.24) is 15.3 Å². The minimum atomic E-state index is -0.156. The molecular weight excluding hydrogens is 384 g/mol. The van der Waals surface area contributed by atoms with Crippen molar-refractivity contribution >= 4 is 39.8 Å². The van der Waals surface area contributed by atoms with Gasteiger partial charge < -0.3 is 15.4 Å². The number of hydrogen-bond acceptors (Lipinski definition) is 6. The van der Waals surface area contributed by atoms with Gasteiger partial charge in [-0.05, 0) is 43.7 Å². The molecule has 0 fully saturated rings. The number of hydrogen-bond donors (Lipinski definition) is 2. The number of aromatic nitrogens is 2. The highest BCUT2D eigenvalue weighted by atomic mass is 35.5. The summed E-state index contributed by atoms with van der Waals surface area (Å²) in [5.41, 5.74) is 1.67. The summed E-state index contributed by atoms with van der Waals surface area (Å²) in [6.45, 7) is 4.81. The van der Waals surface area contributed by atoms with Gasteiger partial charge in [0.15, 0.2) is 5.13 Å². The summed E-state index contributed by atoms with van der Waals surface area (Å²) in [4.78, 5) is 21.6. The molecule has 2 N–H and O–H groups in total. The Morgan fingerprint density at radius 3 is 2.67 bits per heavy atom. The van der Waals surface area contributed by atoms with E-state index in [9.17, 15) is 4.79 Å². The van der Waals surface area contributed by atoms with E-state index < -0.39 is 0 Å². The van der Waals surface area contributed by atoms with E-state index in [1.807, 2.05) is 38.1 Å². The van der Waals surface area contributed by atoms with Crippen LogP contribution in [0, 0.1) is 6.92 Å². The molecule has 3 rings (SSSR count). The van der Waals surface area contributed by atoms with Gasteiger partial charge in [-0.25, -0.2) is 9.97 Å². The van der Waals surface area contributed by atoms with Crippen LogP contribution in [0.2, 0.25) is 5.02 Å². The lowest BCUT2D eigenvalue weighted by Crippen LogP contribution is -2.22. The van der Waals surface area contributed by atoms with E-state index in [0.717, 1.165) is 11.3 Å². The second-order valence-electron chi connectivity index (χ2n) is 5.68. The third-order valence-electron chi connectivity index (χ3n) is 3.65. The van der Waals surface area contributed by atoms with Gasteiger partial charge in [-0.3, -0.25) is 4.79 Å². The zero-order valence-corrected chi connectivity index (χ0v) is 16.5. The van der Waals surface area contributed by atoms with E-state index >= 15 is 0 Å². The number of halogens is 1. The van der Waals surface area contributed by atoms with E-state index in [2.05, 4.69) is 20.6 Å². The fourth-order valence-corrected chi connectivity index (χ4v) is 3.35. The lowest BCUT2D eigenvalue weighted by atomic mass is 10.2. The van der Waals surface area contributed by atoms with Gasteiger partial charge in [-0.1, -0.05) is 35.1 Å². The average Bonchev–Trinajstić information content (AvgIpc) is 3.03. The molecule has 0 aliphatic heterocycles. The van der Waals surface area contributed by atoms with E-state index in [-0.39, 0.29) is 5.91 Å². The molecule has 0 aliphatic rings. The second-order valence-corrected chi connectivity index (χ2v) is 7.12. The van der Waals surface area contributed by atoms with Crippen LogP contribution in [0.1, 0.15) is 27.9 Å². The standard InChI is InChI=1S/C19H19ClN4O2S/c1-3-26-15-7-4-13(5-8-15)10-22-18(25)17-12(2)23-19(27-17)24-16-9-6-14(20)11-21-16/h4-9,11H,3,10H2,1-2H3,(H,22,25)(H,21,23,24). The summed E-state index contributed by atoms with van der Waals surface area (Å²) >= 11 is 7.12.